The Morgan fingerprint density at radius 1 is 0.652 bits per heavy atom. The van der Waals surface area contributed by atoms with Crippen LogP contribution in [-0.4, -0.2) is 55.9 Å². The van der Waals surface area contributed by atoms with Crippen LogP contribution in [0.15, 0.2) is 73.1 Å². The number of carbonyl (C=O) groups is 2. The Balaban J connectivity index is 0.000000181. The van der Waals surface area contributed by atoms with E-state index in [4.69, 9.17) is 42.1 Å². The van der Waals surface area contributed by atoms with Gasteiger partial charge in [0.05, 0.1) is 47.8 Å². The lowest BCUT2D eigenvalue weighted by Gasteiger charge is -2.10. The molecular weight excluding hydrogens is 639 g/mol. The first kappa shape index (κ1) is 31.9. The standard InChI is InChI=1S/2C16H13ClN2O4/c2*1-19-15-10(8-18-19)5-9(16(21)22-2)6-14(15)23-11-3-4-13(20)12(17)7-11/h2*3-8,20H,1-2H3. The number of nitrogens with zero attached hydrogens (tertiary/aromatic N) is 4. The van der Waals surface area contributed by atoms with Gasteiger partial charge in [-0.2, -0.15) is 10.2 Å². The summed E-state index contributed by atoms with van der Waals surface area (Å²) in [5, 5.41) is 29.1. The molecule has 14 heteroatoms. The zero-order valence-corrected chi connectivity index (χ0v) is 26.3. The van der Waals surface area contributed by atoms with E-state index in [1.807, 2.05) is 0 Å². The highest BCUT2D eigenvalue weighted by Crippen LogP contribution is 2.36. The van der Waals surface area contributed by atoms with E-state index in [2.05, 4.69) is 10.2 Å². The van der Waals surface area contributed by atoms with E-state index in [0.717, 1.165) is 21.8 Å². The third-order valence-electron chi connectivity index (χ3n) is 6.73. The van der Waals surface area contributed by atoms with E-state index < -0.39 is 11.9 Å². The van der Waals surface area contributed by atoms with Crippen molar-refractivity contribution >= 4 is 56.9 Å². The van der Waals surface area contributed by atoms with Crippen LogP contribution in [-0.2, 0) is 23.6 Å². The number of carbonyl (C=O) groups excluding carboxylic acids is 2. The number of benzene rings is 4. The molecule has 0 aliphatic carbocycles. The molecule has 0 fully saturated rings. The fourth-order valence-electron chi connectivity index (χ4n) is 4.54. The highest BCUT2D eigenvalue weighted by molar-refractivity contribution is 6.32. The van der Waals surface area contributed by atoms with Crippen LogP contribution in [0.4, 0.5) is 0 Å². The summed E-state index contributed by atoms with van der Waals surface area (Å²) >= 11 is 11.8. The second-order valence-corrected chi connectivity index (χ2v) is 10.6. The van der Waals surface area contributed by atoms with Gasteiger partial charge in [-0.3, -0.25) is 9.36 Å². The zero-order chi connectivity index (χ0) is 33.1. The lowest BCUT2D eigenvalue weighted by atomic mass is 10.1. The maximum Gasteiger partial charge on any atom is 0.338 e. The van der Waals surface area contributed by atoms with E-state index >= 15 is 0 Å². The summed E-state index contributed by atoms with van der Waals surface area (Å²) < 4.78 is 24.5. The molecular formula is C32H26Cl2N4O8. The third kappa shape index (κ3) is 6.63. The van der Waals surface area contributed by atoms with Crippen molar-refractivity contribution in [2.24, 2.45) is 14.1 Å². The molecule has 0 radical (unpaired) electrons. The first-order valence-corrected chi connectivity index (χ1v) is 14.2. The normalized spacial score (nSPS) is 10.7. The number of phenolic OH excluding ortho intramolecular Hbond substituents is 2. The molecule has 0 unspecified atom stereocenters. The van der Waals surface area contributed by atoms with Gasteiger partial charge in [0.25, 0.3) is 0 Å². The quantitative estimate of drug-likeness (QED) is 0.178. The second kappa shape index (κ2) is 13.3. The molecule has 12 nitrogen and oxygen atoms in total. The largest absolute Gasteiger partial charge is 0.506 e. The lowest BCUT2D eigenvalue weighted by molar-refractivity contribution is 0.0592. The highest BCUT2D eigenvalue weighted by Gasteiger charge is 2.17. The van der Waals surface area contributed by atoms with Crippen molar-refractivity contribution in [1.29, 1.82) is 0 Å². The minimum Gasteiger partial charge on any atom is -0.506 e. The molecule has 0 saturated carbocycles. The average Bonchev–Trinajstić information content (AvgIpc) is 3.62. The van der Waals surface area contributed by atoms with Crippen LogP contribution >= 0.6 is 23.2 Å². The van der Waals surface area contributed by atoms with Gasteiger partial charge in [-0.05, 0) is 48.5 Å². The number of ether oxygens (including phenoxy) is 4. The van der Waals surface area contributed by atoms with Crippen molar-refractivity contribution in [2.75, 3.05) is 14.2 Å². The zero-order valence-electron chi connectivity index (χ0n) is 24.8. The Bertz CT molecular complexity index is 1960. The average molecular weight is 665 g/mol. The topological polar surface area (TPSA) is 147 Å². The van der Waals surface area contributed by atoms with Gasteiger partial charge in [-0.1, -0.05) is 23.2 Å². The molecule has 2 heterocycles. The molecule has 0 atom stereocenters. The summed E-state index contributed by atoms with van der Waals surface area (Å²) in [6.45, 7) is 0. The SMILES string of the molecule is COC(=O)c1cc(Oc2ccc(O)c(Cl)c2)c2c(cnn2C)c1.COC(=O)c1cc(Oc2ccc(O)c(Cl)c2)c2c(cnn2C)c1. The van der Waals surface area contributed by atoms with Crippen LogP contribution in [0.5, 0.6) is 34.5 Å². The fourth-order valence-corrected chi connectivity index (χ4v) is 4.89. The summed E-state index contributed by atoms with van der Waals surface area (Å²) in [6, 6.07) is 15.5. The van der Waals surface area contributed by atoms with Crippen LogP contribution in [0.2, 0.25) is 10.0 Å². The van der Waals surface area contributed by atoms with Gasteiger partial charge in [-0.25, -0.2) is 9.59 Å². The maximum absolute atomic E-state index is 11.8. The fraction of sp³-hybridized carbons (Fsp3) is 0.125. The number of fused-ring (bicyclic) bond motifs is 2. The van der Waals surface area contributed by atoms with Crippen molar-refractivity contribution < 1.29 is 38.7 Å². The van der Waals surface area contributed by atoms with E-state index in [1.54, 1.807) is 72.3 Å². The maximum atomic E-state index is 11.8. The van der Waals surface area contributed by atoms with Crippen molar-refractivity contribution in [2.45, 2.75) is 0 Å². The Morgan fingerprint density at radius 3 is 1.39 bits per heavy atom. The number of rotatable bonds is 6. The van der Waals surface area contributed by atoms with Crippen LogP contribution < -0.4 is 9.47 Å². The van der Waals surface area contributed by atoms with Gasteiger partial charge < -0.3 is 29.2 Å². The minimum absolute atomic E-state index is 0.0343. The summed E-state index contributed by atoms with van der Waals surface area (Å²) in [6.07, 6.45) is 3.27. The van der Waals surface area contributed by atoms with Crippen LogP contribution in [0, 0.1) is 0 Å². The van der Waals surface area contributed by atoms with E-state index in [-0.39, 0.29) is 21.5 Å². The molecule has 2 N–H and O–H groups in total. The van der Waals surface area contributed by atoms with Gasteiger partial charge in [0.1, 0.15) is 34.0 Å². The smallest absolute Gasteiger partial charge is 0.338 e. The Kier molecular flexibility index (Phi) is 9.21. The number of esters is 2. The lowest BCUT2D eigenvalue weighted by Crippen LogP contribution is -2.02. The number of hydrogen-bond donors (Lipinski definition) is 2. The van der Waals surface area contributed by atoms with Crippen molar-refractivity contribution in [3.8, 4) is 34.5 Å². The first-order valence-electron chi connectivity index (χ1n) is 13.4. The van der Waals surface area contributed by atoms with E-state index in [1.165, 1.54) is 38.5 Å². The third-order valence-corrected chi connectivity index (χ3v) is 7.34. The summed E-state index contributed by atoms with van der Waals surface area (Å²) in [4.78, 5) is 23.6. The van der Waals surface area contributed by atoms with Gasteiger partial charge in [-0.15, -0.1) is 0 Å². The van der Waals surface area contributed by atoms with E-state index in [9.17, 15) is 19.8 Å². The first-order chi connectivity index (χ1) is 22.0. The number of aromatic nitrogens is 4. The molecule has 0 spiro atoms. The molecule has 46 heavy (non-hydrogen) atoms. The number of methoxy groups -OCH3 is 2. The van der Waals surface area contributed by atoms with E-state index in [0.29, 0.717) is 34.1 Å². The molecule has 0 saturated heterocycles. The Hall–Kier alpha value is -5.46. The molecule has 0 aliphatic heterocycles. The monoisotopic (exact) mass is 664 g/mol. The van der Waals surface area contributed by atoms with Crippen LogP contribution in [0.1, 0.15) is 20.7 Å². The molecule has 4 aromatic carbocycles. The molecule has 0 amide bonds. The summed E-state index contributed by atoms with van der Waals surface area (Å²) in [5.74, 6) is 0.721. The molecule has 6 aromatic rings. The molecule has 0 aliphatic rings. The predicted octanol–water partition coefficient (Wildman–Crippen LogP) is 7.02. The van der Waals surface area contributed by atoms with Crippen molar-refractivity contribution in [3.63, 3.8) is 0 Å². The number of halogens is 2. The predicted molar refractivity (Wildman–Crippen MR) is 170 cm³/mol. The summed E-state index contributed by atoms with van der Waals surface area (Å²) in [5.41, 5.74) is 2.16. The number of aryl methyl sites for hydroxylation is 2. The van der Waals surface area contributed by atoms with Crippen LogP contribution in [0.25, 0.3) is 21.8 Å². The summed E-state index contributed by atoms with van der Waals surface area (Å²) in [7, 11) is 6.18. The van der Waals surface area contributed by atoms with Crippen LogP contribution in [0.3, 0.4) is 0 Å². The Labute approximate surface area is 271 Å². The number of phenols is 2. The van der Waals surface area contributed by atoms with Gasteiger partial charge in [0.2, 0.25) is 0 Å². The number of hydrogen-bond acceptors (Lipinski definition) is 10. The molecule has 6 rings (SSSR count). The molecule has 236 valence electrons. The highest BCUT2D eigenvalue weighted by atomic mass is 35.5. The van der Waals surface area contributed by atoms with Gasteiger partial charge in [0.15, 0.2) is 11.5 Å². The van der Waals surface area contributed by atoms with Gasteiger partial charge in [0, 0.05) is 37.0 Å². The molecule has 0 bridgehead atoms. The van der Waals surface area contributed by atoms with Gasteiger partial charge >= 0.3 is 11.9 Å². The van der Waals surface area contributed by atoms with Crippen molar-refractivity contribution in [3.05, 3.63) is 94.2 Å². The van der Waals surface area contributed by atoms with Crippen molar-refractivity contribution in [1.82, 2.24) is 19.6 Å². The minimum atomic E-state index is -0.468. The number of aromatic hydroxyl groups is 2. The molecule has 2 aromatic heterocycles. The Morgan fingerprint density at radius 2 is 1.04 bits per heavy atom. The second-order valence-electron chi connectivity index (χ2n) is 9.77.